The highest BCUT2D eigenvalue weighted by Crippen LogP contribution is 2.25. The average molecular weight is 310 g/mol. The van der Waals surface area contributed by atoms with Crippen molar-refractivity contribution in [2.24, 2.45) is 5.73 Å². The van der Waals surface area contributed by atoms with Crippen LogP contribution < -0.4 is 10.5 Å². The summed E-state index contributed by atoms with van der Waals surface area (Å²) >= 11 is 0. The highest BCUT2D eigenvalue weighted by Gasteiger charge is 2.20. The smallest absolute Gasteiger partial charge is 0.119 e. The first-order valence-corrected chi connectivity index (χ1v) is 8.57. The molecule has 2 N–H and O–H groups in total. The van der Waals surface area contributed by atoms with Crippen molar-refractivity contribution in [3.8, 4) is 5.75 Å². The normalized spacial score (nSPS) is 16.9. The fraction of sp³-hybridized carbons (Fsp3) is 0.400. The maximum Gasteiger partial charge on any atom is 0.119 e. The van der Waals surface area contributed by atoms with Crippen LogP contribution in [0.25, 0.3) is 0 Å². The molecule has 122 valence electrons. The zero-order chi connectivity index (χ0) is 15.9. The third-order valence-corrected chi connectivity index (χ3v) is 4.57. The second kappa shape index (κ2) is 8.14. The van der Waals surface area contributed by atoms with Gasteiger partial charge in [-0.1, -0.05) is 48.9 Å². The molecule has 0 amide bonds. The molecular formula is C20H26N2O. The van der Waals surface area contributed by atoms with Gasteiger partial charge in [-0.25, -0.2) is 0 Å². The molecule has 0 aromatic heterocycles. The van der Waals surface area contributed by atoms with Crippen LogP contribution >= 0.6 is 0 Å². The molecule has 0 aliphatic carbocycles. The zero-order valence-corrected chi connectivity index (χ0v) is 13.7. The number of likely N-dealkylation sites (tertiary alicyclic amines) is 1. The van der Waals surface area contributed by atoms with Crippen LogP contribution in [0.4, 0.5) is 0 Å². The topological polar surface area (TPSA) is 38.5 Å². The van der Waals surface area contributed by atoms with Crippen LogP contribution in [0.1, 0.15) is 36.4 Å². The monoisotopic (exact) mass is 310 g/mol. The van der Waals surface area contributed by atoms with Gasteiger partial charge in [0.15, 0.2) is 0 Å². The van der Waals surface area contributed by atoms with Gasteiger partial charge in [-0.3, -0.25) is 4.90 Å². The molecule has 1 saturated heterocycles. The molecule has 1 aliphatic heterocycles. The molecule has 1 unspecified atom stereocenters. The number of ether oxygens (including phenoxy) is 1. The molecule has 1 atom stereocenters. The van der Waals surface area contributed by atoms with Crippen LogP contribution in [-0.4, -0.2) is 24.5 Å². The molecule has 2 aromatic carbocycles. The van der Waals surface area contributed by atoms with Crippen molar-refractivity contribution in [1.29, 1.82) is 0 Å². The van der Waals surface area contributed by atoms with E-state index >= 15 is 0 Å². The molecule has 0 radical (unpaired) electrons. The van der Waals surface area contributed by atoms with Crippen LogP contribution in [-0.2, 0) is 6.61 Å². The second-order valence-corrected chi connectivity index (χ2v) is 6.19. The number of piperidine rings is 1. The third kappa shape index (κ3) is 4.34. The zero-order valence-electron chi connectivity index (χ0n) is 13.7. The van der Waals surface area contributed by atoms with Gasteiger partial charge in [-0.2, -0.15) is 0 Å². The van der Waals surface area contributed by atoms with Crippen molar-refractivity contribution in [3.63, 3.8) is 0 Å². The lowest BCUT2D eigenvalue weighted by Crippen LogP contribution is -2.37. The van der Waals surface area contributed by atoms with Gasteiger partial charge in [0.25, 0.3) is 0 Å². The summed E-state index contributed by atoms with van der Waals surface area (Å²) in [7, 11) is 0. The largest absolute Gasteiger partial charge is 0.489 e. The Bertz CT molecular complexity index is 576. The minimum absolute atomic E-state index is 0.332. The molecular weight excluding hydrogens is 284 g/mol. The average Bonchev–Trinajstić information content (AvgIpc) is 2.63. The highest BCUT2D eigenvalue weighted by molar-refractivity contribution is 5.30. The minimum Gasteiger partial charge on any atom is -0.489 e. The van der Waals surface area contributed by atoms with E-state index in [2.05, 4.69) is 41.3 Å². The van der Waals surface area contributed by atoms with Crippen LogP contribution in [0.2, 0.25) is 0 Å². The van der Waals surface area contributed by atoms with Gasteiger partial charge in [-0.15, -0.1) is 0 Å². The molecule has 3 rings (SSSR count). The SMILES string of the molecule is NCC(c1ccc(OCc2ccccc2)cc1)N1CCCCC1. The maximum atomic E-state index is 6.04. The molecule has 0 bridgehead atoms. The predicted octanol–water partition coefficient (Wildman–Crippen LogP) is 3.75. The van der Waals surface area contributed by atoms with E-state index < -0.39 is 0 Å². The molecule has 1 heterocycles. The molecule has 1 aliphatic rings. The van der Waals surface area contributed by atoms with Gasteiger partial charge in [0.1, 0.15) is 12.4 Å². The number of hydrogen-bond donors (Lipinski definition) is 1. The summed E-state index contributed by atoms with van der Waals surface area (Å²) in [6, 6.07) is 19.0. The van der Waals surface area contributed by atoms with E-state index in [0.29, 0.717) is 19.2 Å². The Morgan fingerprint density at radius 1 is 0.913 bits per heavy atom. The fourth-order valence-corrected chi connectivity index (χ4v) is 3.25. The lowest BCUT2D eigenvalue weighted by molar-refractivity contribution is 0.167. The Hall–Kier alpha value is -1.84. The molecule has 2 aromatic rings. The van der Waals surface area contributed by atoms with E-state index in [4.69, 9.17) is 10.5 Å². The molecule has 23 heavy (non-hydrogen) atoms. The standard InChI is InChI=1S/C20H26N2O/c21-15-20(22-13-5-2-6-14-22)18-9-11-19(12-10-18)23-16-17-7-3-1-4-8-17/h1,3-4,7-12,20H,2,5-6,13-16,21H2. The van der Waals surface area contributed by atoms with Crippen molar-refractivity contribution in [2.75, 3.05) is 19.6 Å². The molecule has 3 nitrogen and oxygen atoms in total. The minimum atomic E-state index is 0.332. The van der Waals surface area contributed by atoms with Crippen molar-refractivity contribution in [1.82, 2.24) is 4.90 Å². The van der Waals surface area contributed by atoms with Crippen molar-refractivity contribution < 1.29 is 4.74 Å². The van der Waals surface area contributed by atoms with Crippen LogP contribution in [0.3, 0.4) is 0 Å². The Labute approximate surface area is 139 Å². The summed E-state index contributed by atoms with van der Waals surface area (Å²) in [5.74, 6) is 0.909. The van der Waals surface area contributed by atoms with Crippen molar-refractivity contribution in [2.45, 2.75) is 31.9 Å². The Balaban J connectivity index is 1.61. The van der Waals surface area contributed by atoms with Gasteiger partial charge < -0.3 is 10.5 Å². The first kappa shape index (κ1) is 16.0. The van der Waals surface area contributed by atoms with Crippen molar-refractivity contribution >= 4 is 0 Å². The number of hydrogen-bond acceptors (Lipinski definition) is 3. The quantitative estimate of drug-likeness (QED) is 0.883. The van der Waals surface area contributed by atoms with Crippen LogP contribution in [0, 0.1) is 0 Å². The number of nitrogens with two attached hydrogens (primary N) is 1. The van der Waals surface area contributed by atoms with Gasteiger partial charge in [0.05, 0.1) is 0 Å². The highest BCUT2D eigenvalue weighted by atomic mass is 16.5. The summed E-state index contributed by atoms with van der Waals surface area (Å²) < 4.78 is 5.86. The summed E-state index contributed by atoms with van der Waals surface area (Å²) in [5, 5.41) is 0. The van der Waals surface area contributed by atoms with Crippen LogP contribution in [0.5, 0.6) is 5.75 Å². The summed E-state index contributed by atoms with van der Waals surface area (Å²) in [5.41, 5.74) is 8.51. The molecule has 1 fully saturated rings. The first-order chi connectivity index (χ1) is 11.4. The fourth-order valence-electron chi connectivity index (χ4n) is 3.25. The number of rotatable bonds is 6. The maximum absolute atomic E-state index is 6.04. The molecule has 0 spiro atoms. The van der Waals surface area contributed by atoms with E-state index in [1.54, 1.807) is 0 Å². The van der Waals surface area contributed by atoms with Gasteiger partial charge >= 0.3 is 0 Å². The number of nitrogens with zero attached hydrogens (tertiary/aromatic N) is 1. The molecule has 3 heteroatoms. The Kier molecular flexibility index (Phi) is 5.67. The summed E-state index contributed by atoms with van der Waals surface area (Å²) in [4.78, 5) is 2.52. The number of benzene rings is 2. The Morgan fingerprint density at radius 3 is 2.26 bits per heavy atom. The van der Waals surface area contributed by atoms with E-state index in [0.717, 1.165) is 18.8 Å². The van der Waals surface area contributed by atoms with E-state index in [1.165, 1.54) is 30.4 Å². The van der Waals surface area contributed by atoms with Crippen molar-refractivity contribution in [3.05, 3.63) is 65.7 Å². The van der Waals surface area contributed by atoms with E-state index in [1.807, 2.05) is 18.2 Å². The predicted molar refractivity (Wildman–Crippen MR) is 94.4 cm³/mol. The second-order valence-electron chi connectivity index (χ2n) is 6.19. The summed E-state index contributed by atoms with van der Waals surface area (Å²) in [6.07, 6.45) is 3.92. The van der Waals surface area contributed by atoms with Gasteiger partial charge in [0, 0.05) is 12.6 Å². The third-order valence-electron chi connectivity index (χ3n) is 4.57. The van der Waals surface area contributed by atoms with Gasteiger partial charge in [0.2, 0.25) is 0 Å². The van der Waals surface area contributed by atoms with Gasteiger partial charge in [-0.05, 0) is 49.2 Å². The van der Waals surface area contributed by atoms with E-state index in [9.17, 15) is 0 Å². The lowest BCUT2D eigenvalue weighted by Gasteiger charge is -2.34. The van der Waals surface area contributed by atoms with E-state index in [-0.39, 0.29) is 0 Å². The first-order valence-electron chi connectivity index (χ1n) is 8.57. The molecule has 0 saturated carbocycles. The Morgan fingerprint density at radius 2 is 1.61 bits per heavy atom. The van der Waals surface area contributed by atoms with Crippen LogP contribution in [0.15, 0.2) is 54.6 Å². The summed E-state index contributed by atoms with van der Waals surface area (Å²) in [6.45, 7) is 3.60. The lowest BCUT2D eigenvalue weighted by atomic mass is 10.0.